The van der Waals surface area contributed by atoms with E-state index < -0.39 is 5.41 Å². The number of fused-ring (bicyclic) bond motifs is 4. The third kappa shape index (κ3) is 6.68. The highest BCUT2D eigenvalue weighted by Gasteiger charge is 2.40. The van der Waals surface area contributed by atoms with Crippen molar-refractivity contribution in [1.82, 2.24) is 14.1 Å². The zero-order valence-corrected chi connectivity index (χ0v) is 37.4. The number of rotatable bonds is 9. The first-order chi connectivity index (χ1) is 30.6. The van der Waals surface area contributed by atoms with Crippen LogP contribution in [-0.2, 0) is 11.0 Å². The first-order valence-corrected chi connectivity index (χ1v) is 22.4. The summed E-state index contributed by atoms with van der Waals surface area (Å²) in [6.45, 7) is 16.0. The van der Waals surface area contributed by atoms with E-state index in [0.717, 1.165) is 22.5 Å². The van der Waals surface area contributed by atoms with E-state index in [2.05, 4.69) is 250 Å². The predicted molar refractivity (Wildman–Crippen MR) is 263 cm³/mol. The molecule has 0 saturated heterocycles. The minimum atomic E-state index is -0.686. The molecule has 0 spiro atoms. The van der Waals surface area contributed by atoms with Crippen molar-refractivity contribution < 1.29 is 4.57 Å². The molecule has 0 saturated carbocycles. The molecule has 0 aliphatic carbocycles. The summed E-state index contributed by atoms with van der Waals surface area (Å²) in [4.78, 5) is 5.17. The van der Waals surface area contributed by atoms with Gasteiger partial charge in [0.15, 0.2) is 11.0 Å². The lowest BCUT2D eigenvalue weighted by Gasteiger charge is -2.37. The smallest absolute Gasteiger partial charge is 0.250 e. The quantitative estimate of drug-likeness (QED) is 0.105. The van der Waals surface area contributed by atoms with Crippen LogP contribution in [0.4, 0.5) is 0 Å². The Labute approximate surface area is 371 Å². The number of hydrogen-bond donors (Lipinski definition) is 0. The Morgan fingerprint density at radius 2 is 1.06 bits per heavy atom. The predicted octanol–water partition coefficient (Wildman–Crippen LogP) is 14.5. The second-order valence-electron chi connectivity index (χ2n) is 18.7. The van der Waals surface area contributed by atoms with Gasteiger partial charge in [0.2, 0.25) is 6.33 Å². The van der Waals surface area contributed by atoms with E-state index in [0.29, 0.717) is 11.8 Å². The van der Waals surface area contributed by atoms with Crippen LogP contribution < -0.4 is 4.57 Å². The fourth-order valence-electron chi connectivity index (χ4n) is 10.1. The lowest BCUT2D eigenvalue weighted by Crippen LogP contribution is -2.49. The van der Waals surface area contributed by atoms with Gasteiger partial charge in [-0.15, -0.1) is 0 Å². The molecule has 310 valence electrons. The van der Waals surface area contributed by atoms with Crippen LogP contribution in [0.5, 0.6) is 0 Å². The van der Waals surface area contributed by atoms with E-state index in [-0.39, 0.29) is 5.54 Å². The summed E-state index contributed by atoms with van der Waals surface area (Å²) in [5.74, 6) is 1.66. The van der Waals surface area contributed by atoms with Crippen molar-refractivity contribution in [3.05, 3.63) is 228 Å². The molecule has 0 N–H and O–H groups in total. The molecule has 0 fully saturated rings. The van der Waals surface area contributed by atoms with Crippen LogP contribution >= 0.6 is 0 Å². The van der Waals surface area contributed by atoms with Gasteiger partial charge < -0.3 is 0 Å². The van der Waals surface area contributed by atoms with Gasteiger partial charge in [-0.3, -0.25) is 4.57 Å². The van der Waals surface area contributed by atoms with E-state index in [1.165, 1.54) is 66.3 Å². The maximum Gasteiger partial charge on any atom is 0.250 e. The molecule has 10 rings (SSSR count). The van der Waals surface area contributed by atoms with Gasteiger partial charge >= 0.3 is 0 Å². The molecular weight excluding hydrogens is 765 g/mol. The zero-order chi connectivity index (χ0) is 43.5. The molecule has 0 aliphatic rings. The second kappa shape index (κ2) is 15.7. The zero-order valence-electron chi connectivity index (χ0n) is 37.4. The Hall–Kier alpha value is -7.04. The molecular formula is C59H55N4+. The third-order valence-electron chi connectivity index (χ3n) is 13.1. The van der Waals surface area contributed by atoms with Gasteiger partial charge in [-0.25, -0.2) is 9.55 Å². The molecule has 0 aliphatic heterocycles. The first kappa shape index (κ1) is 40.1. The molecule has 3 heterocycles. The number of hydrogen-bond acceptors (Lipinski definition) is 1. The summed E-state index contributed by atoms with van der Waals surface area (Å²) < 4.78 is 7.13. The summed E-state index contributed by atoms with van der Waals surface area (Å²) >= 11 is 0. The number of pyridine rings is 1. The first-order valence-electron chi connectivity index (χ1n) is 22.4. The standard InChI is InChI=1S/C59H55N4/c1-40(2)48-27-19-28-49(41(3)4)57(48)42-34-35-60-56(36-42)63-52-29-15-14-26-50(52)51-33-32-46(38-55(51)63)59(43-20-10-8-11-21-43,44-22-12-9-13-23-44)45-24-18-25-47(37-45)61-39-62(58(5,6)7)54-31-17-16-30-53(54)61/h8-41H,1-7H3/q+1. The van der Waals surface area contributed by atoms with Crippen molar-refractivity contribution in [3.8, 4) is 22.6 Å². The number of para-hydroxylation sites is 3. The Morgan fingerprint density at radius 3 is 1.73 bits per heavy atom. The van der Waals surface area contributed by atoms with Crippen molar-refractivity contribution >= 4 is 32.8 Å². The lowest BCUT2D eigenvalue weighted by molar-refractivity contribution is -0.731. The minimum Gasteiger partial charge on any atom is -0.294 e. The Morgan fingerprint density at radius 1 is 0.492 bits per heavy atom. The number of imidazole rings is 1. The van der Waals surface area contributed by atoms with E-state index in [1.54, 1.807) is 0 Å². The van der Waals surface area contributed by atoms with Gasteiger partial charge in [-0.1, -0.05) is 161 Å². The molecule has 0 bridgehead atoms. The summed E-state index contributed by atoms with van der Waals surface area (Å²) in [7, 11) is 0. The molecule has 0 radical (unpaired) electrons. The van der Waals surface area contributed by atoms with Gasteiger partial charge in [0.05, 0.1) is 16.4 Å². The topological polar surface area (TPSA) is 26.6 Å². The van der Waals surface area contributed by atoms with Gasteiger partial charge in [0.25, 0.3) is 0 Å². The largest absolute Gasteiger partial charge is 0.294 e. The van der Waals surface area contributed by atoms with Crippen LogP contribution in [0.3, 0.4) is 0 Å². The molecule has 0 unspecified atom stereocenters. The van der Waals surface area contributed by atoms with Crippen molar-refractivity contribution in [1.29, 1.82) is 0 Å². The monoisotopic (exact) mass is 819 g/mol. The van der Waals surface area contributed by atoms with Crippen LogP contribution in [0, 0.1) is 0 Å². The molecule has 63 heavy (non-hydrogen) atoms. The summed E-state index contributed by atoms with van der Waals surface area (Å²) in [5.41, 5.74) is 15.0. The van der Waals surface area contributed by atoms with Crippen LogP contribution in [0.1, 0.15) is 93.7 Å². The van der Waals surface area contributed by atoms with E-state index in [9.17, 15) is 0 Å². The van der Waals surface area contributed by atoms with Gasteiger partial charge in [-0.2, -0.15) is 4.57 Å². The maximum atomic E-state index is 5.17. The molecule has 3 aromatic heterocycles. The van der Waals surface area contributed by atoms with Gasteiger partial charge in [-0.05, 0) is 126 Å². The van der Waals surface area contributed by atoms with Crippen LogP contribution in [0.15, 0.2) is 195 Å². The van der Waals surface area contributed by atoms with E-state index in [1.807, 2.05) is 6.20 Å². The molecule has 10 aromatic rings. The average molecular weight is 820 g/mol. The van der Waals surface area contributed by atoms with E-state index >= 15 is 0 Å². The fraction of sp³-hybridized carbons (Fsp3) is 0.186. The van der Waals surface area contributed by atoms with Crippen molar-refractivity contribution in [2.24, 2.45) is 0 Å². The molecule has 0 atom stereocenters. The number of nitrogens with zero attached hydrogens (tertiary/aromatic N) is 4. The summed E-state index contributed by atoms with van der Waals surface area (Å²) in [5, 5.41) is 2.40. The Balaban J connectivity index is 1.26. The SMILES string of the molecule is CC(C)c1cccc(C(C)C)c1-c1ccnc(-n2c3ccccc3c3ccc(C(c4ccccc4)(c4ccccc4)c4cccc(-n5c[n+](C(C)(C)C)c6ccccc65)c4)cc32)c1. The molecule has 7 aromatic carbocycles. The molecule has 4 nitrogen and oxygen atoms in total. The molecule has 4 heteroatoms. The van der Waals surface area contributed by atoms with Crippen molar-refractivity contribution in [2.45, 2.75) is 71.3 Å². The normalized spacial score (nSPS) is 12.3. The minimum absolute atomic E-state index is 0.100. The summed E-state index contributed by atoms with van der Waals surface area (Å²) in [6.07, 6.45) is 4.26. The van der Waals surface area contributed by atoms with Gasteiger partial charge in [0, 0.05) is 17.0 Å². The number of benzene rings is 7. The second-order valence-corrected chi connectivity index (χ2v) is 18.7. The van der Waals surface area contributed by atoms with Crippen LogP contribution in [-0.4, -0.2) is 14.1 Å². The number of aromatic nitrogens is 4. The van der Waals surface area contributed by atoms with Crippen molar-refractivity contribution in [3.63, 3.8) is 0 Å². The maximum absolute atomic E-state index is 5.17. The Kier molecular flexibility index (Phi) is 9.98. The lowest BCUT2D eigenvalue weighted by atomic mass is 9.65. The van der Waals surface area contributed by atoms with Crippen LogP contribution in [0.2, 0.25) is 0 Å². The summed E-state index contributed by atoms with van der Waals surface area (Å²) in [6, 6.07) is 67.3. The van der Waals surface area contributed by atoms with Crippen molar-refractivity contribution in [2.75, 3.05) is 0 Å². The van der Waals surface area contributed by atoms with E-state index in [4.69, 9.17) is 4.98 Å². The third-order valence-corrected chi connectivity index (χ3v) is 13.1. The van der Waals surface area contributed by atoms with Gasteiger partial charge in [0.1, 0.15) is 17.0 Å². The highest BCUT2D eigenvalue weighted by molar-refractivity contribution is 6.09. The molecule has 0 amide bonds. The highest BCUT2D eigenvalue weighted by atomic mass is 15.2. The average Bonchev–Trinajstić information content (AvgIpc) is 3.87. The highest BCUT2D eigenvalue weighted by Crippen LogP contribution is 2.47. The van der Waals surface area contributed by atoms with Crippen LogP contribution in [0.25, 0.3) is 55.5 Å². The Bertz CT molecular complexity index is 3200. The fourth-order valence-corrected chi connectivity index (χ4v) is 10.1.